The van der Waals surface area contributed by atoms with E-state index in [0.29, 0.717) is 17.6 Å². The second-order valence-electron chi connectivity index (χ2n) is 9.27. The van der Waals surface area contributed by atoms with Crippen molar-refractivity contribution in [2.24, 2.45) is 29.6 Å². The monoisotopic (exact) mass is 320 g/mol. The molecule has 0 amide bonds. The van der Waals surface area contributed by atoms with Gasteiger partial charge in [-0.2, -0.15) is 0 Å². The van der Waals surface area contributed by atoms with Crippen LogP contribution in [0.1, 0.15) is 78.1 Å². The summed E-state index contributed by atoms with van der Waals surface area (Å²) in [5.41, 5.74) is 0. The Morgan fingerprint density at radius 3 is 2.22 bits per heavy atom. The molecule has 23 heavy (non-hydrogen) atoms. The summed E-state index contributed by atoms with van der Waals surface area (Å²) in [6.45, 7) is 8.67. The molecule has 3 rings (SSSR count). The third-order valence-electron chi connectivity index (χ3n) is 6.88. The van der Waals surface area contributed by atoms with E-state index >= 15 is 0 Å². The van der Waals surface area contributed by atoms with Crippen molar-refractivity contribution in [1.29, 1.82) is 0 Å². The van der Waals surface area contributed by atoms with Crippen LogP contribution < -0.4 is 4.90 Å². The predicted molar refractivity (Wildman–Crippen MR) is 95.5 cm³/mol. The van der Waals surface area contributed by atoms with E-state index in [4.69, 9.17) is 0 Å². The lowest BCUT2D eigenvalue weighted by molar-refractivity contribution is -0.911. The van der Waals surface area contributed by atoms with E-state index in [0.717, 1.165) is 24.3 Å². The van der Waals surface area contributed by atoms with Gasteiger partial charge in [0.1, 0.15) is 5.78 Å². The van der Waals surface area contributed by atoms with Crippen LogP contribution in [0, 0.1) is 29.6 Å². The Bertz CT molecular complexity index is 377. The zero-order chi connectivity index (χ0) is 16.2. The summed E-state index contributed by atoms with van der Waals surface area (Å²) in [6, 6.07) is 0. The predicted octanol–water partition coefficient (Wildman–Crippen LogP) is 3.50. The number of Topliss-reactive ketones (excluding diaryl/α,β-unsaturated/α-hetero) is 1. The highest BCUT2D eigenvalue weighted by molar-refractivity contribution is 5.83. The van der Waals surface area contributed by atoms with Crippen molar-refractivity contribution in [3.8, 4) is 0 Å². The van der Waals surface area contributed by atoms with E-state index in [1.807, 2.05) is 0 Å². The smallest absolute Gasteiger partial charge is 0.144 e. The quantitative estimate of drug-likeness (QED) is 0.841. The van der Waals surface area contributed by atoms with Crippen LogP contribution in [0.15, 0.2) is 0 Å². The van der Waals surface area contributed by atoms with Gasteiger partial charge in [0.05, 0.1) is 25.6 Å². The van der Waals surface area contributed by atoms with Crippen molar-refractivity contribution in [1.82, 2.24) is 0 Å². The molecule has 2 saturated carbocycles. The first-order chi connectivity index (χ1) is 11.1. The maximum atomic E-state index is 12.9. The molecular formula is C21H38NO+. The second-order valence-corrected chi connectivity index (χ2v) is 9.27. The fourth-order valence-corrected chi connectivity index (χ4v) is 5.99. The molecule has 0 aromatic rings. The van der Waals surface area contributed by atoms with Crippen LogP contribution in [-0.4, -0.2) is 25.4 Å². The van der Waals surface area contributed by atoms with Gasteiger partial charge in [0.15, 0.2) is 0 Å². The number of carbonyl (C=O) groups is 1. The molecule has 1 heterocycles. The highest BCUT2D eigenvalue weighted by Gasteiger charge is 2.35. The summed E-state index contributed by atoms with van der Waals surface area (Å²) in [7, 11) is 0. The molecule has 0 spiro atoms. The molecule has 0 bridgehead atoms. The maximum Gasteiger partial charge on any atom is 0.144 e. The topological polar surface area (TPSA) is 21.5 Å². The summed E-state index contributed by atoms with van der Waals surface area (Å²) in [5, 5.41) is 0. The van der Waals surface area contributed by atoms with Crippen molar-refractivity contribution >= 4 is 5.78 Å². The van der Waals surface area contributed by atoms with Crippen LogP contribution in [0.5, 0.6) is 0 Å². The molecule has 3 fully saturated rings. The van der Waals surface area contributed by atoms with Gasteiger partial charge in [0, 0.05) is 11.8 Å². The molecule has 2 heteroatoms. The largest absolute Gasteiger partial charge is 0.334 e. The Hall–Kier alpha value is -0.370. The first-order valence-corrected chi connectivity index (χ1v) is 10.5. The lowest BCUT2D eigenvalue weighted by atomic mass is 9.76. The van der Waals surface area contributed by atoms with Crippen LogP contribution in [0.4, 0.5) is 0 Å². The zero-order valence-electron chi connectivity index (χ0n) is 15.5. The van der Waals surface area contributed by atoms with Gasteiger partial charge in [0.25, 0.3) is 0 Å². The highest BCUT2D eigenvalue weighted by Crippen LogP contribution is 2.32. The molecule has 1 saturated heterocycles. The van der Waals surface area contributed by atoms with Gasteiger partial charge in [-0.05, 0) is 56.8 Å². The average Bonchev–Trinajstić information content (AvgIpc) is 2.54. The number of hydrogen-bond donors (Lipinski definition) is 1. The van der Waals surface area contributed by atoms with Crippen molar-refractivity contribution in [3.63, 3.8) is 0 Å². The number of quaternary nitrogens is 1. The highest BCUT2D eigenvalue weighted by atomic mass is 16.1. The van der Waals surface area contributed by atoms with Gasteiger partial charge in [0.2, 0.25) is 0 Å². The Labute approximate surface area is 143 Å². The van der Waals surface area contributed by atoms with Crippen LogP contribution in [0.25, 0.3) is 0 Å². The fraction of sp³-hybridized carbons (Fsp3) is 0.952. The number of hydrogen-bond acceptors (Lipinski definition) is 1. The first kappa shape index (κ1) is 17.5. The van der Waals surface area contributed by atoms with E-state index in [-0.39, 0.29) is 0 Å². The minimum atomic E-state index is 0.389. The van der Waals surface area contributed by atoms with Crippen molar-refractivity contribution < 1.29 is 9.69 Å². The van der Waals surface area contributed by atoms with Gasteiger partial charge in [-0.1, -0.05) is 33.1 Å². The number of likely N-dealkylation sites (tertiary alicyclic amines) is 1. The molecule has 4 unspecified atom stereocenters. The molecule has 1 aliphatic heterocycles. The van der Waals surface area contributed by atoms with E-state index in [2.05, 4.69) is 13.8 Å². The average molecular weight is 321 g/mol. The Balaban J connectivity index is 1.50. The summed E-state index contributed by atoms with van der Waals surface area (Å²) in [6.07, 6.45) is 13.0. The second kappa shape index (κ2) is 8.14. The maximum absolute atomic E-state index is 12.9. The molecular weight excluding hydrogens is 282 g/mol. The van der Waals surface area contributed by atoms with Crippen molar-refractivity contribution in [2.75, 3.05) is 19.6 Å². The van der Waals surface area contributed by atoms with Gasteiger partial charge in [-0.15, -0.1) is 0 Å². The Morgan fingerprint density at radius 2 is 1.52 bits per heavy atom. The number of ketones is 1. The molecule has 132 valence electrons. The number of rotatable bonds is 4. The number of piperidine rings is 1. The third kappa shape index (κ3) is 4.81. The summed E-state index contributed by atoms with van der Waals surface area (Å²) >= 11 is 0. The lowest BCUT2D eigenvalue weighted by Crippen LogP contribution is -3.14. The van der Waals surface area contributed by atoms with Crippen LogP contribution >= 0.6 is 0 Å². The minimum Gasteiger partial charge on any atom is -0.334 e. The van der Waals surface area contributed by atoms with E-state index in [1.54, 1.807) is 4.90 Å². The minimum absolute atomic E-state index is 0.389. The van der Waals surface area contributed by atoms with E-state index < -0.39 is 0 Å². The number of nitrogens with one attached hydrogen (secondary N) is 1. The van der Waals surface area contributed by atoms with E-state index in [9.17, 15) is 4.79 Å². The lowest BCUT2D eigenvalue weighted by Gasteiger charge is -2.37. The van der Waals surface area contributed by atoms with Crippen LogP contribution in [-0.2, 0) is 4.79 Å². The fourth-order valence-electron chi connectivity index (χ4n) is 5.99. The van der Waals surface area contributed by atoms with Gasteiger partial charge in [-0.25, -0.2) is 0 Å². The summed E-state index contributed by atoms with van der Waals surface area (Å²) in [5.74, 6) is 4.18. The SMILES string of the molecule is CC1CC(C)CC(C[NH+]2CCCC(C(=O)C3CCCCC3)C2)C1. The zero-order valence-corrected chi connectivity index (χ0v) is 15.5. The van der Waals surface area contributed by atoms with Gasteiger partial charge < -0.3 is 4.90 Å². The normalized spacial score (nSPS) is 40.0. The molecule has 0 radical (unpaired) electrons. The van der Waals surface area contributed by atoms with Crippen molar-refractivity contribution in [2.45, 2.75) is 78.1 Å². The van der Waals surface area contributed by atoms with Gasteiger partial charge >= 0.3 is 0 Å². The molecule has 2 aliphatic carbocycles. The molecule has 1 N–H and O–H groups in total. The van der Waals surface area contributed by atoms with Crippen LogP contribution in [0.2, 0.25) is 0 Å². The molecule has 3 aliphatic rings. The number of carbonyl (C=O) groups excluding carboxylic acids is 1. The summed E-state index contributed by atoms with van der Waals surface area (Å²) < 4.78 is 0. The Kier molecular flexibility index (Phi) is 6.18. The standard InChI is InChI=1S/C21H37NO/c1-16-11-17(2)13-18(12-16)14-22-10-6-9-20(15-22)21(23)19-7-4-3-5-8-19/h16-20H,3-15H2,1-2H3/p+1. The van der Waals surface area contributed by atoms with Gasteiger partial charge in [-0.3, -0.25) is 4.79 Å². The van der Waals surface area contributed by atoms with E-state index in [1.165, 1.54) is 77.3 Å². The third-order valence-corrected chi connectivity index (χ3v) is 6.88. The molecule has 0 aromatic carbocycles. The van der Waals surface area contributed by atoms with Crippen molar-refractivity contribution in [3.05, 3.63) is 0 Å². The first-order valence-electron chi connectivity index (χ1n) is 10.5. The molecule has 2 nitrogen and oxygen atoms in total. The Morgan fingerprint density at radius 1 is 0.870 bits per heavy atom. The van der Waals surface area contributed by atoms with Crippen LogP contribution in [0.3, 0.4) is 0 Å². The molecule has 4 atom stereocenters. The molecule has 0 aromatic heterocycles. The summed E-state index contributed by atoms with van der Waals surface area (Å²) in [4.78, 5) is 14.6.